The van der Waals surface area contributed by atoms with Gasteiger partial charge in [0.05, 0.1) is 108 Å². The molecule has 4 aliphatic heterocycles. The Bertz CT molecular complexity index is 5280. The van der Waals surface area contributed by atoms with Gasteiger partial charge in [0.25, 0.3) is 0 Å². The van der Waals surface area contributed by atoms with Crippen LogP contribution >= 0.6 is 11.3 Å². The molecule has 118 heavy (non-hydrogen) atoms. The molecular weight excluding hydrogens is 1520 g/mol. The molecule has 4 aromatic carbocycles. The molecule has 30 heteroatoms. The third kappa shape index (κ3) is 16.6. The molecule has 8 N–H and O–H groups in total. The van der Waals surface area contributed by atoms with Crippen molar-refractivity contribution >= 4 is 69.4 Å². The van der Waals surface area contributed by atoms with Gasteiger partial charge in [-0.3, -0.25) is 19.2 Å². The summed E-state index contributed by atoms with van der Waals surface area (Å²) >= 11 is 1.56. The first-order chi connectivity index (χ1) is 56.8. The monoisotopic (exact) mass is 1620 g/mol. The number of methoxy groups -OCH3 is 3. The summed E-state index contributed by atoms with van der Waals surface area (Å²) in [5.74, 6) is 2.67. The number of hydrogen-bond donors (Lipinski definition) is 8. The minimum absolute atomic E-state index is 0.0300. The molecule has 5 aliphatic rings. The fourth-order valence-corrected chi connectivity index (χ4v) is 18.5. The largest absolute Gasteiger partial charge is 0.453 e. The van der Waals surface area contributed by atoms with E-state index in [1.807, 2.05) is 113 Å². The molecule has 0 radical (unpaired) electrons. The van der Waals surface area contributed by atoms with Crippen LogP contribution in [0.25, 0.3) is 77.5 Å². The minimum atomic E-state index is -0.727. The Labute approximate surface area is 690 Å². The average Bonchev–Trinajstić information content (AvgIpc) is 1.61. The molecular formula is C88H107N19O10S. The van der Waals surface area contributed by atoms with E-state index in [0.717, 1.165) is 154 Å². The molecule has 0 saturated carbocycles. The lowest BCUT2D eigenvalue weighted by Crippen LogP contribution is -2.55. The van der Waals surface area contributed by atoms with E-state index in [4.69, 9.17) is 39.1 Å². The van der Waals surface area contributed by atoms with Crippen LogP contribution in [0.15, 0.2) is 122 Å². The van der Waals surface area contributed by atoms with Crippen LogP contribution in [0.4, 0.5) is 20.3 Å². The number of benzene rings is 4. The first-order valence-corrected chi connectivity index (χ1v) is 41.9. The Balaban J connectivity index is 0.000000194. The molecule has 0 unspecified atom stereocenters. The highest BCUT2D eigenvalue weighted by atomic mass is 32.1. The van der Waals surface area contributed by atoms with Crippen LogP contribution in [-0.4, -0.2) is 188 Å². The Morgan fingerprint density at radius 3 is 1.36 bits per heavy atom. The summed E-state index contributed by atoms with van der Waals surface area (Å²) in [6.45, 7) is 22.0. The Kier molecular flexibility index (Phi) is 24.6. The van der Waals surface area contributed by atoms with E-state index in [1.54, 1.807) is 36.0 Å². The van der Waals surface area contributed by atoms with Crippen LogP contribution in [0.2, 0.25) is 0 Å². The van der Waals surface area contributed by atoms with Gasteiger partial charge in [-0.15, -0.1) is 11.3 Å². The zero-order valence-corrected chi connectivity index (χ0v) is 70.2. The van der Waals surface area contributed by atoms with E-state index in [0.29, 0.717) is 43.8 Å². The lowest BCUT2D eigenvalue weighted by atomic mass is 9.92. The number of carbonyl (C=O) groups is 7. The standard InChI is InChI=1S/C45H54N10O4.C43H53N9O6S/c1-26(2)38(52-44-46-20-9-21-47-44)42(56)54-22-7-12-36(54)40-48-24-34(50-40)29-16-14-28(15-17-29)30-18-19-33(32-11-6-10-31(30)32)35-25-49-41(51-35)37-13-8-23-55(37)43(57)39(27(3)4)53-45(58)59-5;1-24(2)32(49-40(55)57-7)36(53)51-19-9-17-42(51,5)38-44-21-30(47-38)27-13-11-26(12-14-27)28-15-16-29(35-34(28)46-23-59-35)31-22-45-39(48-31)43(6)18-10-20-52(43)37(54)33(25(3)4)50-41(56)58-8/h9,14-21,24-27,36-39H,6-8,10-13,22-23H2,1-5H3,(H,48,50)(H,49,51)(H,53,58)(H,46,47,52);11-16,21-25,32-33H,9-10,17-20H2,1-8H3,(H,44,47)(H,45,48)(H,49,55)(H,50,56)/t36-,37-,38-,39-;32-,33-,42-,43-/m00/s1. The van der Waals surface area contributed by atoms with Gasteiger partial charge in [-0.05, 0) is 153 Å². The van der Waals surface area contributed by atoms with Crippen molar-refractivity contribution in [1.29, 1.82) is 0 Å². The van der Waals surface area contributed by atoms with Crippen LogP contribution in [0, 0.1) is 23.7 Å². The van der Waals surface area contributed by atoms with E-state index in [-0.39, 0.29) is 59.4 Å². The van der Waals surface area contributed by atoms with Gasteiger partial charge in [0.2, 0.25) is 29.6 Å². The highest BCUT2D eigenvalue weighted by Gasteiger charge is 2.49. The number of nitrogens with one attached hydrogen (secondary N) is 8. The van der Waals surface area contributed by atoms with Crippen LogP contribution in [0.3, 0.4) is 0 Å². The number of nitrogens with zero attached hydrogens (tertiary/aromatic N) is 11. The Morgan fingerprint density at radius 2 is 0.847 bits per heavy atom. The lowest BCUT2D eigenvalue weighted by Gasteiger charge is -2.37. The number of anilines is 1. The van der Waals surface area contributed by atoms with Crippen LogP contribution in [0.5, 0.6) is 0 Å². The second-order valence-corrected chi connectivity index (χ2v) is 34.0. The van der Waals surface area contributed by atoms with Crippen molar-refractivity contribution in [3.63, 3.8) is 0 Å². The topological polar surface area (TPSA) is 362 Å². The van der Waals surface area contributed by atoms with E-state index in [1.165, 1.54) is 38.0 Å². The summed E-state index contributed by atoms with van der Waals surface area (Å²) < 4.78 is 15.4. The number of hydrogen-bond acceptors (Lipinski definition) is 19. The molecule has 7 amide bonds. The Morgan fingerprint density at radius 1 is 0.441 bits per heavy atom. The lowest BCUT2D eigenvalue weighted by molar-refractivity contribution is -0.139. The van der Waals surface area contributed by atoms with Gasteiger partial charge in [-0.1, -0.05) is 128 Å². The molecule has 0 spiro atoms. The fourth-order valence-electron chi connectivity index (χ4n) is 17.6. The van der Waals surface area contributed by atoms with Gasteiger partial charge in [0.1, 0.15) is 47.5 Å². The van der Waals surface area contributed by atoms with E-state index in [2.05, 4.69) is 124 Å². The molecule has 1 aliphatic carbocycles. The quantitative estimate of drug-likeness (QED) is 0.0276. The maximum Gasteiger partial charge on any atom is 0.407 e. The number of thiazole rings is 1. The van der Waals surface area contributed by atoms with E-state index >= 15 is 0 Å². The SMILES string of the molecule is COC(=O)N[C@H](C(=O)N1CCC[C@@]1(C)c1ncc(-c2ccc(-c3ccc(-c4cnc([C@]5(C)CCCN5C(=O)[C@@H](NC(=O)OC)C(C)C)[nH]4)c4scnc34)cc2)[nH]1)C(C)C.COC(=O)N[C@H](C(=O)N1CCC[C@H]1c1ncc(-c2ccc(-c3ccc(-c4cnc([C@@H]5CCCN5C(=O)[C@@H](Nc5ncccn5)C(C)C)[nH]4)cc3)c3c2CCC3)[nH]1)C(C)C. The van der Waals surface area contributed by atoms with Gasteiger partial charge in [0, 0.05) is 55.3 Å². The van der Waals surface area contributed by atoms with Crippen molar-refractivity contribution in [3.05, 3.63) is 156 Å². The number of H-pyrrole nitrogens is 4. The number of carbonyl (C=O) groups excluding carboxylic acids is 7. The number of aromatic amines is 4. The second kappa shape index (κ2) is 35.2. The second-order valence-electron chi connectivity index (χ2n) is 33.1. The number of aromatic nitrogens is 11. The summed E-state index contributed by atoms with van der Waals surface area (Å²) in [4.78, 5) is 146. The zero-order chi connectivity index (χ0) is 83.4. The highest BCUT2D eigenvalue weighted by molar-refractivity contribution is 7.17. The predicted molar refractivity (Wildman–Crippen MR) is 450 cm³/mol. The molecule has 620 valence electrons. The zero-order valence-electron chi connectivity index (χ0n) is 69.3. The van der Waals surface area contributed by atoms with Crippen LogP contribution in [-0.2, 0) is 57.3 Å². The molecule has 4 fully saturated rings. The summed E-state index contributed by atoms with van der Waals surface area (Å²) in [5.41, 5.74) is 16.1. The molecule has 15 rings (SSSR count). The van der Waals surface area contributed by atoms with Crippen molar-refractivity contribution in [2.75, 3.05) is 52.8 Å². The maximum absolute atomic E-state index is 13.9. The van der Waals surface area contributed by atoms with Gasteiger partial charge < -0.3 is 75.0 Å². The van der Waals surface area contributed by atoms with E-state index in [9.17, 15) is 33.6 Å². The summed E-state index contributed by atoms with van der Waals surface area (Å²) in [6.07, 6.45) is 18.4. The molecule has 8 atom stereocenters. The first kappa shape index (κ1) is 82.7. The fraction of sp³-hybridized carbons (Fsp3) is 0.455. The summed E-state index contributed by atoms with van der Waals surface area (Å²) in [7, 11) is 3.88. The summed E-state index contributed by atoms with van der Waals surface area (Å²) in [5, 5.41) is 11.4. The molecule has 4 saturated heterocycles. The number of rotatable bonds is 23. The smallest absolute Gasteiger partial charge is 0.407 e. The van der Waals surface area contributed by atoms with Gasteiger partial charge >= 0.3 is 18.3 Å². The molecule has 0 bridgehead atoms. The Hall–Kier alpha value is -11.8. The highest BCUT2D eigenvalue weighted by Crippen LogP contribution is 2.45. The summed E-state index contributed by atoms with van der Waals surface area (Å²) in [6, 6.07) is 24.3. The molecule has 29 nitrogen and oxygen atoms in total. The molecule has 10 heterocycles. The number of ether oxygens (including phenoxy) is 3. The number of alkyl carbamates (subject to hydrolysis) is 3. The number of amides is 7. The van der Waals surface area contributed by atoms with Crippen molar-refractivity contribution in [2.45, 2.75) is 187 Å². The van der Waals surface area contributed by atoms with Crippen molar-refractivity contribution in [2.24, 2.45) is 23.7 Å². The molecule has 10 aromatic rings. The van der Waals surface area contributed by atoms with Gasteiger partial charge in [-0.25, -0.2) is 49.3 Å². The van der Waals surface area contributed by atoms with Crippen molar-refractivity contribution < 1.29 is 47.8 Å². The van der Waals surface area contributed by atoms with Crippen molar-refractivity contribution in [3.8, 4) is 67.3 Å². The van der Waals surface area contributed by atoms with Crippen LogP contribution < -0.4 is 21.3 Å². The normalized spacial score (nSPS) is 19.5. The van der Waals surface area contributed by atoms with Crippen LogP contribution in [0.1, 0.15) is 174 Å². The molecule has 6 aromatic heterocycles. The minimum Gasteiger partial charge on any atom is -0.453 e. The number of fused-ring (bicyclic) bond motifs is 2. The predicted octanol–water partition coefficient (Wildman–Crippen LogP) is 14.4. The van der Waals surface area contributed by atoms with Crippen molar-refractivity contribution in [1.82, 2.24) is 90.4 Å². The van der Waals surface area contributed by atoms with Gasteiger partial charge in [-0.2, -0.15) is 0 Å². The third-order valence-corrected chi connectivity index (χ3v) is 25.1. The average molecular weight is 1620 g/mol. The van der Waals surface area contributed by atoms with Gasteiger partial charge in [0.15, 0.2) is 0 Å². The third-order valence-electron chi connectivity index (χ3n) is 24.2. The maximum atomic E-state index is 13.9. The van der Waals surface area contributed by atoms with E-state index < -0.39 is 53.5 Å². The number of imidazole rings is 4. The first-order valence-electron chi connectivity index (χ1n) is 41.1. The number of likely N-dealkylation sites (tertiary alicyclic amines) is 4.